The summed E-state index contributed by atoms with van der Waals surface area (Å²) < 4.78 is 58.9. The van der Waals surface area contributed by atoms with Crippen molar-refractivity contribution < 1.29 is 37.9 Å². The summed E-state index contributed by atoms with van der Waals surface area (Å²) in [5, 5.41) is 0. The third-order valence-corrected chi connectivity index (χ3v) is 18.1. The number of para-hydroxylation sites is 8. The zero-order valence-electron chi connectivity index (χ0n) is 52.1. The molecule has 8 heterocycles. The Kier molecular flexibility index (Phi) is 13.1. The van der Waals surface area contributed by atoms with E-state index in [9.17, 15) is 0 Å². The number of ether oxygens (including phenoxy) is 8. The number of rotatable bonds is 8. The van der Waals surface area contributed by atoms with Crippen LogP contribution < -0.4 is 37.9 Å². The van der Waals surface area contributed by atoms with Gasteiger partial charge in [0, 0.05) is 92.4 Å². The van der Waals surface area contributed by atoms with Gasteiger partial charge >= 0.3 is 0 Å². The second-order valence-corrected chi connectivity index (χ2v) is 26.5. The Morgan fingerprint density at radius 2 is 0.370 bits per heavy atom. The summed E-state index contributed by atoms with van der Waals surface area (Å²) in [6.45, 7) is 18.0. The fourth-order valence-electron chi connectivity index (χ4n) is 14.1. The minimum atomic E-state index is -0.387. The van der Waals surface area contributed by atoms with Gasteiger partial charge < -0.3 is 37.9 Å². The van der Waals surface area contributed by atoms with Crippen molar-refractivity contribution in [3.8, 4) is 93.0 Å². The fourth-order valence-corrected chi connectivity index (χ4v) is 14.1. The van der Waals surface area contributed by atoms with Gasteiger partial charge in [-0.05, 0) is 122 Å². The predicted octanol–water partition coefficient (Wildman–Crippen LogP) is 20.1. The van der Waals surface area contributed by atoms with Crippen LogP contribution in [0.15, 0.2) is 146 Å². The molecular formula is C76H64N8O8. The van der Waals surface area contributed by atoms with Gasteiger partial charge in [-0.1, -0.05) is 104 Å². The maximum atomic E-state index is 7.36. The Morgan fingerprint density at radius 1 is 0.228 bits per heavy atom. The molecule has 16 heteroatoms. The summed E-state index contributed by atoms with van der Waals surface area (Å²) in [6.07, 6.45) is 2.66. The van der Waals surface area contributed by atoms with E-state index < -0.39 is 0 Å². The molecule has 0 unspecified atom stereocenters. The van der Waals surface area contributed by atoms with Crippen LogP contribution >= 0.6 is 0 Å². The molecule has 0 radical (unpaired) electrons. The third kappa shape index (κ3) is 9.64. The molecule has 8 bridgehead atoms. The van der Waals surface area contributed by atoms with Crippen LogP contribution in [0.2, 0.25) is 0 Å². The molecular weight excluding hydrogens is 1150 g/mol. The first kappa shape index (κ1) is 55.6. The van der Waals surface area contributed by atoms with Crippen molar-refractivity contribution in [3.63, 3.8) is 0 Å². The smallest absolute Gasteiger partial charge is 0.284 e. The maximum absolute atomic E-state index is 7.36. The molecule has 0 N–H and O–H groups in total. The molecule has 0 amide bonds. The molecule has 12 aromatic rings. The molecule has 0 saturated carbocycles. The second-order valence-electron chi connectivity index (χ2n) is 26.5. The topological polar surface area (TPSA) is 177 Å². The quantitative estimate of drug-likeness (QED) is 0.140. The first-order chi connectivity index (χ1) is 44.7. The Morgan fingerprint density at radius 3 is 0.500 bits per heavy atom. The maximum Gasteiger partial charge on any atom is 0.284 e. The van der Waals surface area contributed by atoms with Gasteiger partial charge in [0.2, 0.25) is 0 Å². The Labute approximate surface area is 530 Å². The Balaban J connectivity index is 1.07. The van der Waals surface area contributed by atoms with E-state index in [2.05, 4.69) is 79.7 Å². The monoisotopic (exact) mass is 1220 g/mol. The summed E-state index contributed by atoms with van der Waals surface area (Å²) in [4.78, 5) is 41.6. The van der Waals surface area contributed by atoms with Gasteiger partial charge in [0.05, 0.1) is 44.1 Å². The van der Waals surface area contributed by atoms with Crippen LogP contribution in [-0.4, -0.2) is 39.9 Å². The lowest BCUT2D eigenvalue weighted by molar-refractivity contribution is 0.377. The van der Waals surface area contributed by atoms with E-state index in [1.54, 1.807) is 0 Å². The highest BCUT2D eigenvalue weighted by Crippen LogP contribution is 2.59. The lowest BCUT2D eigenvalue weighted by Crippen LogP contribution is -2.15. The lowest BCUT2D eigenvalue weighted by atomic mass is 9.75. The van der Waals surface area contributed by atoms with Gasteiger partial charge in [-0.25, -0.2) is 39.9 Å². The van der Waals surface area contributed by atoms with E-state index >= 15 is 0 Å². The molecule has 5 aliphatic rings. The molecule has 4 aromatic heterocycles. The molecule has 16 nitrogen and oxygen atoms in total. The largest absolute Gasteiger partial charge is 0.434 e. The van der Waals surface area contributed by atoms with Crippen LogP contribution in [0.1, 0.15) is 149 Å². The van der Waals surface area contributed by atoms with Crippen LogP contribution in [0.3, 0.4) is 0 Å². The number of nitrogens with zero attached hydrogens (tertiary/aromatic N) is 8. The highest BCUT2D eigenvalue weighted by molar-refractivity contribution is 5.80. The highest BCUT2D eigenvalue weighted by Gasteiger charge is 2.40. The van der Waals surface area contributed by atoms with Crippen molar-refractivity contribution >= 4 is 44.1 Å². The molecule has 17 rings (SSSR count). The van der Waals surface area contributed by atoms with Gasteiger partial charge in [-0.15, -0.1) is 0 Å². The zero-order valence-corrected chi connectivity index (χ0v) is 52.1. The number of hydrogen-bond acceptors (Lipinski definition) is 16. The van der Waals surface area contributed by atoms with Crippen LogP contribution in [0.4, 0.5) is 0 Å². The molecule has 4 aliphatic heterocycles. The number of benzene rings is 8. The van der Waals surface area contributed by atoms with Crippen LogP contribution in [0, 0.1) is 23.7 Å². The average molecular weight is 1220 g/mol. The minimum absolute atomic E-state index is 0.156. The summed E-state index contributed by atoms with van der Waals surface area (Å²) in [5.41, 5.74) is 12.2. The van der Waals surface area contributed by atoms with E-state index in [1.807, 2.05) is 121 Å². The number of hydrogen-bond donors (Lipinski definition) is 0. The number of fused-ring (bicyclic) bond motifs is 8. The number of aromatic nitrogens is 8. The molecule has 1 aliphatic carbocycles. The Bertz CT molecular complexity index is 4150. The van der Waals surface area contributed by atoms with Crippen LogP contribution in [-0.2, 0) is 0 Å². The first-order valence-corrected chi connectivity index (χ1v) is 32.0. The van der Waals surface area contributed by atoms with Gasteiger partial charge in [-0.3, -0.25) is 0 Å². The van der Waals surface area contributed by atoms with Crippen LogP contribution in [0.5, 0.6) is 93.0 Å². The van der Waals surface area contributed by atoms with Crippen molar-refractivity contribution in [3.05, 3.63) is 190 Å². The fraction of sp³-hybridized carbons (Fsp3) is 0.263. The van der Waals surface area contributed by atoms with Crippen LogP contribution in [0.25, 0.3) is 44.1 Å². The van der Waals surface area contributed by atoms with Gasteiger partial charge in [0.1, 0.15) is 46.0 Å². The van der Waals surface area contributed by atoms with Gasteiger partial charge in [0.15, 0.2) is 0 Å². The van der Waals surface area contributed by atoms with E-state index in [-0.39, 0.29) is 94.4 Å². The van der Waals surface area contributed by atoms with E-state index in [0.717, 1.165) is 44.5 Å². The standard InChI is InChI=1S/C76H64N8O8/c1-37(2)25-41-45-29-47-42(26-38(3)4)49-31-51-44(28-40(7)8)52-32-50-43(27-39(5)6)48-30-46(41)62-34-64(48)88-72-74(82-58-22-14-12-20-56(58)80-72)90-66(50)36-68(52)92-76-75(83-59-23-15-16-24-60(59)84-76)91-67(51)35-65(49)89-73-71(79-55-19-11-13-21-57(55)81-73)87-63(47)33-61(45)85-69-70(86-62)78-54-18-10-9-17-53(54)77-69/h9-24,29-44H,25-28H2,1-8H3. The summed E-state index contributed by atoms with van der Waals surface area (Å²) in [7, 11) is 0. The molecule has 0 saturated heterocycles. The third-order valence-electron chi connectivity index (χ3n) is 18.1. The summed E-state index contributed by atoms with van der Waals surface area (Å²) in [5.74, 6) is 4.48. The molecule has 456 valence electrons. The average Bonchev–Trinajstić information content (AvgIpc) is 1.46. The molecule has 0 fully saturated rings. The highest BCUT2D eigenvalue weighted by atomic mass is 16.6. The second kappa shape index (κ2) is 21.6. The normalized spacial score (nSPS) is 17.1. The summed E-state index contributed by atoms with van der Waals surface area (Å²) in [6, 6.07) is 48.1. The van der Waals surface area contributed by atoms with E-state index in [0.29, 0.717) is 116 Å². The Hall–Kier alpha value is -10.5. The SMILES string of the molecule is CC(C)CC1c2cc3c4cc2Oc2nc5ccccc5nc2Oc2cc5c(cc21)C(CC(C)C)c1cc2c(cc1Oc1nc6ccccc6nc1O5)Oc1nc5ccccc5nc1Oc1cc(c(cc1C2CC(C)C)C3CC(C)C)Oc1nc2ccccc2nc1O4. The minimum Gasteiger partial charge on any atom is -0.434 e. The molecule has 92 heavy (non-hydrogen) atoms. The van der Waals surface area contributed by atoms with Crippen molar-refractivity contribution in [2.24, 2.45) is 23.7 Å². The van der Waals surface area contributed by atoms with Gasteiger partial charge in [0.25, 0.3) is 47.0 Å². The predicted molar refractivity (Wildman–Crippen MR) is 350 cm³/mol. The molecule has 0 atom stereocenters. The van der Waals surface area contributed by atoms with Crippen molar-refractivity contribution in [2.45, 2.75) is 105 Å². The first-order valence-electron chi connectivity index (χ1n) is 32.0. The van der Waals surface area contributed by atoms with Gasteiger partial charge in [-0.2, -0.15) is 0 Å². The molecule has 0 spiro atoms. The van der Waals surface area contributed by atoms with E-state index in [4.69, 9.17) is 77.8 Å². The van der Waals surface area contributed by atoms with Crippen molar-refractivity contribution in [1.82, 2.24) is 39.9 Å². The van der Waals surface area contributed by atoms with Crippen molar-refractivity contribution in [2.75, 3.05) is 0 Å². The zero-order chi connectivity index (χ0) is 62.2. The lowest BCUT2D eigenvalue weighted by Gasteiger charge is -2.31. The van der Waals surface area contributed by atoms with E-state index in [1.165, 1.54) is 0 Å². The molecule has 8 aromatic carbocycles. The van der Waals surface area contributed by atoms with Crippen molar-refractivity contribution in [1.29, 1.82) is 0 Å². The summed E-state index contributed by atoms with van der Waals surface area (Å²) >= 11 is 0.